The normalized spacial score (nSPS) is 36.3. The number of nitrogens with one attached hydrogen (secondary N) is 1. The number of likely N-dealkylation sites (tertiary alicyclic amines) is 2. The minimum atomic E-state index is 0.743. The zero-order chi connectivity index (χ0) is 13.2. The van der Waals surface area contributed by atoms with E-state index in [9.17, 15) is 0 Å². The molecule has 0 amide bonds. The summed E-state index contributed by atoms with van der Waals surface area (Å²) in [6.07, 6.45) is 5.63. The van der Waals surface area contributed by atoms with Crippen molar-refractivity contribution in [2.24, 2.45) is 11.8 Å². The lowest BCUT2D eigenvalue weighted by Gasteiger charge is -2.36. The van der Waals surface area contributed by atoms with Crippen LogP contribution < -0.4 is 5.32 Å². The van der Waals surface area contributed by atoms with Gasteiger partial charge in [-0.05, 0) is 64.1 Å². The fourth-order valence-electron chi connectivity index (χ4n) is 4.24. The van der Waals surface area contributed by atoms with Gasteiger partial charge in [-0.3, -0.25) is 9.80 Å². The largest absolute Gasteiger partial charge is 0.312 e. The molecule has 3 aliphatic heterocycles. The van der Waals surface area contributed by atoms with Gasteiger partial charge in [0.25, 0.3) is 0 Å². The van der Waals surface area contributed by atoms with Crippen LogP contribution in [-0.2, 0) is 0 Å². The maximum absolute atomic E-state index is 3.71. The van der Waals surface area contributed by atoms with Gasteiger partial charge >= 0.3 is 0 Å². The minimum absolute atomic E-state index is 0.743. The maximum atomic E-state index is 3.71. The van der Waals surface area contributed by atoms with Crippen LogP contribution in [0, 0.1) is 11.8 Å². The van der Waals surface area contributed by atoms with Gasteiger partial charge in [0.2, 0.25) is 0 Å². The summed E-state index contributed by atoms with van der Waals surface area (Å²) in [6.45, 7) is 12.6. The highest BCUT2D eigenvalue weighted by Crippen LogP contribution is 2.26. The fourth-order valence-corrected chi connectivity index (χ4v) is 4.24. The summed E-state index contributed by atoms with van der Waals surface area (Å²) >= 11 is 0. The molecule has 0 radical (unpaired) electrons. The third-order valence-corrected chi connectivity index (χ3v) is 5.64. The molecular formula is C16H31N3. The predicted molar refractivity (Wildman–Crippen MR) is 80.4 cm³/mol. The van der Waals surface area contributed by atoms with Crippen molar-refractivity contribution in [2.45, 2.75) is 51.6 Å². The maximum Gasteiger partial charge on any atom is 0.0235 e. The Labute approximate surface area is 118 Å². The Kier molecular flexibility index (Phi) is 4.45. The van der Waals surface area contributed by atoms with Gasteiger partial charge < -0.3 is 5.32 Å². The fraction of sp³-hybridized carbons (Fsp3) is 1.00. The number of hydrogen-bond donors (Lipinski definition) is 1. The Balaban J connectivity index is 1.46. The first kappa shape index (κ1) is 13.8. The summed E-state index contributed by atoms with van der Waals surface area (Å²) in [5.74, 6) is 1.88. The van der Waals surface area contributed by atoms with Gasteiger partial charge in [-0.2, -0.15) is 0 Å². The van der Waals surface area contributed by atoms with Crippen LogP contribution in [0.4, 0.5) is 0 Å². The van der Waals surface area contributed by atoms with E-state index in [-0.39, 0.29) is 0 Å². The van der Waals surface area contributed by atoms with E-state index >= 15 is 0 Å². The average Bonchev–Trinajstić information content (AvgIpc) is 2.81. The van der Waals surface area contributed by atoms with E-state index in [0.29, 0.717) is 0 Å². The van der Waals surface area contributed by atoms with Crippen molar-refractivity contribution in [1.82, 2.24) is 15.1 Å². The van der Waals surface area contributed by atoms with E-state index < -0.39 is 0 Å². The molecule has 0 saturated carbocycles. The van der Waals surface area contributed by atoms with Crippen LogP contribution >= 0.6 is 0 Å². The van der Waals surface area contributed by atoms with Gasteiger partial charge in [0, 0.05) is 31.7 Å². The number of nitrogens with zero attached hydrogens (tertiary/aromatic N) is 2. The molecule has 3 saturated heterocycles. The second kappa shape index (κ2) is 6.11. The molecule has 0 aromatic rings. The van der Waals surface area contributed by atoms with Crippen molar-refractivity contribution in [3.8, 4) is 0 Å². The second-order valence-corrected chi connectivity index (χ2v) is 7.25. The number of piperidine rings is 2. The molecular weight excluding hydrogens is 234 g/mol. The highest BCUT2D eigenvalue weighted by Gasteiger charge is 2.35. The van der Waals surface area contributed by atoms with Crippen LogP contribution in [0.5, 0.6) is 0 Å². The molecule has 19 heavy (non-hydrogen) atoms. The molecule has 3 unspecified atom stereocenters. The second-order valence-electron chi connectivity index (χ2n) is 7.25. The van der Waals surface area contributed by atoms with E-state index in [2.05, 4.69) is 29.0 Å². The van der Waals surface area contributed by atoms with E-state index in [0.717, 1.165) is 23.9 Å². The van der Waals surface area contributed by atoms with Crippen molar-refractivity contribution in [3.05, 3.63) is 0 Å². The first-order valence-electron chi connectivity index (χ1n) is 8.42. The van der Waals surface area contributed by atoms with Crippen molar-refractivity contribution in [2.75, 3.05) is 39.3 Å². The molecule has 0 aromatic carbocycles. The summed E-state index contributed by atoms with van der Waals surface area (Å²) in [4.78, 5) is 5.44. The summed E-state index contributed by atoms with van der Waals surface area (Å²) in [6, 6.07) is 1.54. The summed E-state index contributed by atoms with van der Waals surface area (Å²) < 4.78 is 0. The Morgan fingerprint density at radius 1 is 1.16 bits per heavy atom. The highest BCUT2D eigenvalue weighted by molar-refractivity contribution is 4.93. The Bertz CT molecular complexity index is 272. The van der Waals surface area contributed by atoms with Crippen molar-refractivity contribution >= 4 is 0 Å². The summed E-state index contributed by atoms with van der Waals surface area (Å²) in [5, 5.41) is 3.71. The molecule has 110 valence electrons. The molecule has 0 bridgehead atoms. The third kappa shape index (κ3) is 3.32. The van der Waals surface area contributed by atoms with Crippen LogP contribution in [0.15, 0.2) is 0 Å². The lowest BCUT2D eigenvalue weighted by molar-refractivity contribution is 0.118. The highest BCUT2D eigenvalue weighted by atomic mass is 15.3. The zero-order valence-electron chi connectivity index (χ0n) is 12.8. The zero-order valence-corrected chi connectivity index (χ0v) is 12.8. The molecule has 3 heteroatoms. The Hall–Kier alpha value is -0.120. The van der Waals surface area contributed by atoms with Crippen LogP contribution in [0.2, 0.25) is 0 Å². The number of fused-ring (bicyclic) bond motifs is 1. The van der Waals surface area contributed by atoms with Gasteiger partial charge in [-0.1, -0.05) is 6.92 Å². The SMILES string of the molecule is CC1CCN(C(C)CN2CC3CCCNC3C2)CC1. The Morgan fingerprint density at radius 3 is 2.68 bits per heavy atom. The van der Waals surface area contributed by atoms with E-state index in [1.165, 1.54) is 65.0 Å². The first-order valence-corrected chi connectivity index (χ1v) is 8.42. The summed E-state index contributed by atoms with van der Waals surface area (Å²) in [7, 11) is 0. The monoisotopic (exact) mass is 265 g/mol. The lowest BCUT2D eigenvalue weighted by Crippen LogP contribution is -2.45. The molecule has 3 fully saturated rings. The van der Waals surface area contributed by atoms with E-state index in [4.69, 9.17) is 0 Å². The summed E-state index contributed by atoms with van der Waals surface area (Å²) in [5.41, 5.74) is 0. The van der Waals surface area contributed by atoms with E-state index in [1.807, 2.05) is 0 Å². The molecule has 3 atom stereocenters. The molecule has 3 heterocycles. The van der Waals surface area contributed by atoms with Crippen LogP contribution in [0.3, 0.4) is 0 Å². The van der Waals surface area contributed by atoms with Crippen molar-refractivity contribution < 1.29 is 0 Å². The average molecular weight is 265 g/mol. The van der Waals surface area contributed by atoms with Gasteiger partial charge in [-0.15, -0.1) is 0 Å². The molecule has 3 rings (SSSR count). The minimum Gasteiger partial charge on any atom is -0.312 e. The predicted octanol–water partition coefficient (Wildman–Crippen LogP) is 1.79. The number of hydrogen-bond acceptors (Lipinski definition) is 3. The molecule has 3 aliphatic rings. The van der Waals surface area contributed by atoms with Crippen molar-refractivity contribution in [3.63, 3.8) is 0 Å². The topological polar surface area (TPSA) is 18.5 Å². The lowest BCUT2D eigenvalue weighted by atomic mass is 9.94. The molecule has 0 aromatic heterocycles. The van der Waals surface area contributed by atoms with Gasteiger partial charge in [0.15, 0.2) is 0 Å². The first-order chi connectivity index (χ1) is 9.22. The van der Waals surface area contributed by atoms with Crippen LogP contribution in [0.1, 0.15) is 39.5 Å². The molecule has 0 spiro atoms. The molecule has 1 N–H and O–H groups in total. The quantitative estimate of drug-likeness (QED) is 0.839. The Morgan fingerprint density at radius 2 is 1.95 bits per heavy atom. The standard InChI is InChI=1S/C16H31N3/c1-13-5-8-19(9-6-13)14(2)10-18-11-15-4-3-7-17-16(15)12-18/h13-17H,3-12H2,1-2H3. The van der Waals surface area contributed by atoms with Gasteiger partial charge in [0.1, 0.15) is 0 Å². The smallest absolute Gasteiger partial charge is 0.0235 e. The van der Waals surface area contributed by atoms with Crippen molar-refractivity contribution in [1.29, 1.82) is 0 Å². The third-order valence-electron chi connectivity index (χ3n) is 5.64. The van der Waals surface area contributed by atoms with E-state index in [1.54, 1.807) is 0 Å². The van der Waals surface area contributed by atoms with Gasteiger partial charge in [0.05, 0.1) is 0 Å². The van der Waals surface area contributed by atoms with Gasteiger partial charge in [-0.25, -0.2) is 0 Å². The molecule has 0 aliphatic carbocycles. The molecule has 3 nitrogen and oxygen atoms in total. The van der Waals surface area contributed by atoms with Crippen LogP contribution in [-0.4, -0.2) is 61.2 Å². The number of rotatable bonds is 3. The van der Waals surface area contributed by atoms with Crippen LogP contribution in [0.25, 0.3) is 0 Å².